The lowest BCUT2D eigenvalue weighted by Gasteiger charge is -2.20. The van der Waals surface area contributed by atoms with Gasteiger partial charge >= 0.3 is 6.09 Å². The topological polar surface area (TPSA) is 89.8 Å². The lowest BCUT2D eigenvalue weighted by Crippen LogP contribution is -2.44. The van der Waals surface area contributed by atoms with Crippen molar-refractivity contribution in [2.45, 2.75) is 39.8 Å². The monoisotopic (exact) mass is 326 g/mol. The van der Waals surface area contributed by atoms with E-state index in [1.807, 2.05) is 13.8 Å². The van der Waals surface area contributed by atoms with Crippen LogP contribution in [0.25, 0.3) is 0 Å². The van der Waals surface area contributed by atoms with Crippen molar-refractivity contribution in [3.05, 3.63) is 23.7 Å². The highest BCUT2D eigenvalue weighted by Crippen LogP contribution is 2.09. The number of methoxy groups -OCH3 is 1. The third-order valence-corrected chi connectivity index (χ3v) is 3.03. The first-order valence-corrected chi connectivity index (χ1v) is 7.75. The summed E-state index contributed by atoms with van der Waals surface area (Å²) in [5.74, 6) is 0.847. The Morgan fingerprint density at radius 2 is 2.04 bits per heavy atom. The van der Waals surface area contributed by atoms with Gasteiger partial charge in [0.1, 0.15) is 12.4 Å². The van der Waals surface area contributed by atoms with Gasteiger partial charge in [0.25, 0.3) is 5.91 Å². The van der Waals surface area contributed by atoms with Crippen molar-refractivity contribution in [3.8, 4) is 0 Å². The molecule has 0 saturated carbocycles. The van der Waals surface area contributed by atoms with Crippen molar-refractivity contribution < 1.29 is 23.5 Å². The second-order valence-electron chi connectivity index (χ2n) is 5.60. The van der Waals surface area contributed by atoms with Gasteiger partial charge in [-0.3, -0.25) is 4.79 Å². The molecule has 1 aromatic heterocycles. The summed E-state index contributed by atoms with van der Waals surface area (Å²) in [4.78, 5) is 23.6. The maximum Gasteiger partial charge on any atom is 0.407 e. The molecule has 2 amide bonds. The van der Waals surface area contributed by atoms with E-state index in [-0.39, 0.29) is 17.7 Å². The first-order valence-electron chi connectivity index (χ1n) is 7.75. The Balaban J connectivity index is 2.54. The average molecular weight is 326 g/mol. The van der Waals surface area contributed by atoms with Gasteiger partial charge in [-0.2, -0.15) is 0 Å². The molecular weight excluding hydrogens is 300 g/mol. The summed E-state index contributed by atoms with van der Waals surface area (Å²) in [5, 5.41) is 5.52. The van der Waals surface area contributed by atoms with Gasteiger partial charge in [0.2, 0.25) is 0 Å². The predicted octanol–water partition coefficient (Wildman–Crippen LogP) is 2.32. The third-order valence-electron chi connectivity index (χ3n) is 3.03. The molecule has 2 N–H and O–H groups in total. The number of hydrogen-bond acceptors (Lipinski definition) is 5. The van der Waals surface area contributed by atoms with Gasteiger partial charge in [0.15, 0.2) is 5.76 Å². The molecule has 23 heavy (non-hydrogen) atoms. The zero-order chi connectivity index (χ0) is 17.2. The van der Waals surface area contributed by atoms with Gasteiger partial charge in [-0.25, -0.2) is 4.79 Å². The van der Waals surface area contributed by atoms with E-state index in [0.29, 0.717) is 31.4 Å². The number of amides is 2. The minimum absolute atomic E-state index is 0.202. The van der Waals surface area contributed by atoms with E-state index in [0.717, 1.165) is 6.42 Å². The number of rotatable bonds is 9. The van der Waals surface area contributed by atoms with Crippen LogP contribution >= 0.6 is 0 Å². The summed E-state index contributed by atoms with van der Waals surface area (Å²) in [6, 6.07) is 3.09. The quantitative estimate of drug-likeness (QED) is 0.727. The number of nitrogens with one attached hydrogen (secondary N) is 2. The molecule has 1 heterocycles. The summed E-state index contributed by atoms with van der Waals surface area (Å²) < 4.78 is 15.2. The molecule has 7 nitrogen and oxygen atoms in total. The molecule has 7 heteroatoms. The maximum absolute atomic E-state index is 12.1. The lowest BCUT2D eigenvalue weighted by molar-refractivity contribution is 0.0908. The summed E-state index contributed by atoms with van der Waals surface area (Å²) in [7, 11) is 1.56. The fourth-order valence-corrected chi connectivity index (χ4v) is 2.12. The van der Waals surface area contributed by atoms with Crippen molar-refractivity contribution in [1.29, 1.82) is 0 Å². The van der Waals surface area contributed by atoms with Gasteiger partial charge in [-0.15, -0.1) is 0 Å². The van der Waals surface area contributed by atoms with Crippen LogP contribution in [-0.4, -0.2) is 38.3 Å². The van der Waals surface area contributed by atoms with Gasteiger partial charge in [0.05, 0.1) is 6.61 Å². The Morgan fingerprint density at radius 3 is 2.65 bits per heavy atom. The van der Waals surface area contributed by atoms with Gasteiger partial charge < -0.3 is 24.5 Å². The number of alkyl carbamates (subject to hydrolysis) is 1. The first-order chi connectivity index (χ1) is 11.0. The molecule has 0 spiro atoms. The fraction of sp³-hybridized carbons (Fsp3) is 0.625. The molecule has 130 valence electrons. The summed E-state index contributed by atoms with van der Waals surface area (Å²) >= 11 is 0. The minimum Gasteiger partial charge on any atom is -0.453 e. The zero-order valence-corrected chi connectivity index (χ0v) is 14.2. The van der Waals surface area contributed by atoms with Crippen LogP contribution in [0.5, 0.6) is 0 Å². The molecule has 0 fully saturated rings. The number of carbonyl (C=O) groups excluding carboxylic acids is 2. The fourth-order valence-electron chi connectivity index (χ4n) is 2.12. The van der Waals surface area contributed by atoms with E-state index in [1.54, 1.807) is 26.2 Å². The number of ether oxygens (including phenoxy) is 2. The van der Waals surface area contributed by atoms with Crippen LogP contribution in [0.3, 0.4) is 0 Å². The normalized spacial score (nSPS) is 12.0. The predicted molar refractivity (Wildman–Crippen MR) is 85.2 cm³/mol. The first kappa shape index (κ1) is 19.0. The number of hydrogen-bond donors (Lipinski definition) is 2. The Morgan fingerprint density at radius 1 is 1.30 bits per heavy atom. The van der Waals surface area contributed by atoms with Crippen LogP contribution in [0.1, 0.15) is 43.5 Å². The smallest absolute Gasteiger partial charge is 0.407 e. The van der Waals surface area contributed by atoms with E-state index < -0.39 is 6.09 Å². The van der Waals surface area contributed by atoms with Crippen molar-refractivity contribution in [2.75, 3.05) is 20.3 Å². The van der Waals surface area contributed by atoms with E-state index in [4.69, 9.17) is 13.9 Å². The molecule has 0 aromatic carbocycles. The summed E-state index contributed by atoms with van der Waals surface area (Å²) in [6.45, 7) is 6.76. The third kappa shape index (κ3) is 7.19. The molecule has 0 aliphatic carbocycles. The Labute approximate surface area is 136 Å². The van der Waals surface area contributed by atoms with Gasteiger partial charge in [-0.05, 0) is 31.4 Å². The molecular formula is C16H26N2O5. The highest BCUT2D eigenvalue weighted by atomic mass is 16.5. The van der Waals surface area contributed by atoms with E-state index in [9.17, 15) is 9.59 Å². The van der Waals surface area contributed by atoms with Crippen LogP contribution in [0, 0.1) is 5.92 Å². The molecule has 1 rings (SSSR count). The molecule has 1 aromatic rings. The number of carbonyl (C=O) groups is 2. The highest BCUT2D eigenvalue weighted by molar-refractivity contribution is 5.91. The van der Waals surface area contributed by atoms with Gasteiger partial charge in [0, 0.05) is 19.7 Å². The Kier molecular flexibility index (Phi) is 8.18. The number of furan rings is 1. The SMILES string of the molecule is CCOC(=O)NC(CNC(=O)c1ccc(COC)o1)CC(C)C. The van der Waals surface area contributed by atoms with Crippen molar-refractivity contribution in [1.82, 2.24) is 10.6 Å². The van der Waals surface area contributed by atoms with Crippen molar-refractivity contribution >= 4 is 12.0 Å². The van der Waals surface area contributed by atoms with Crippen LogP contribution in [0.2, 0.25) is 0 Å². The minimum atomic E-state index is -0.479. The standard InChI is InChI=1S/C16H26N2O5/c1-5-22-16(20)18-12(8-11(2)3)9-17-15(19)14-7-6-13(23-14)10-21-4/h6-7,11-12H,5,8-10H2,1-4H3,(H,17,19)(H,18,20). The maximum atomic E-state index is 12.1. The second-order valence-corrected chi connectivity index (χ2v) is 5.60. The highest BCUT2D eigenvalue weighted by Gasteiger charge is 2.17. The van der Waals surface area contributed by atoms with Crippen LogP contribution in [-0.2, 0) is 16.1 Å². The largest absolute Gasteiger partial charge is 0.453 e. The van der Waals surface area contributed by atoms with Crippen LogP contribution in [0.15, 0.2) is 16.5 Å². The Hall–Kier alpha value is -2.02. The second kappa shape index (κ2) is 9.89. The van der Waals surface area contributed by atoms with Crippen LogP contribution in [0.4, 0.5) is 4.79 Å². The molecule has 1 unspecified atom stereocenters. The van der Waals surface area contributed by atoms with Crippen LogP contribution < -0.4 is 10.6 Å². The lowest BCUT2D eigenvalue weighted by atomic mass is 10.0. The Bertz CT molecular complexity index is 498. The molecule has 0 radical (unpaired) electrons. The van der Waals surface area contributed by atoms with E-state index in [1.165, 1.54) is 0 Å². The molecule has 0 aliphatic rings. The summed E-state index contributed by atoms with van der Waals surface area (Å²) in [5.41, 5.74) is 0. The average Bonchev–Trinajstić information content (AvgIpc) is 2.93. The molecule has 0 saturated heterocycles. The van der Waals surface area contributed by atoms with Gasteiger partial charge in [-0.1, -0.05) is 13.8 Å². The van der Waals surface area contributed by atoms with Crippen molar-refractivity contribution in [2.24, 2.45) is 5.92 Å². The zero-order valence-electron chi connectivity index (χ0n) is 14.2. The van der Waals surface area contributed by atoms with E-state index in [2.05, 4.69) is 10.6 Å². The molecule has 0 bridgehead atoms. The summed E-state index contributed by atoms with van der Waals surface area (Å²) in [6.07, 6.45) is 0.249. The molecule has 0 aliphatic heterocycles. The van der Waals surface area contributed by atoms with E-state index >= 15 is 0 Å². The van der Waals surface area contributed by atoms with Crippen molar-refractivity contribution in [3.63, 3.8) is 0 Å². The molecule has 1 atom stereocenters.